The summed E-state index contributed by atoms with van der Waals surface area (Å²) in [7, 11) is 0. The van der Waals surface area contributed by atoms with Gasteiger partial charge in [0, 0.05) is 19.0 Å². The topological polar surface area (TPSA) is 95.2 Å². The lowest BCUT2D eigenvalue weighted by molar-refractivity contribution is 0.0518. The molecule has 1 aliphatic heterocycles. The molecular formula is C14H22N4O2. The summed E-state index contributed by atoms with van der Waals surface area (Å²) in [5.41, 5.74) is 7.86. The van der Waals surface area contributed by atoms with Gasteiger partial charge in [-0.25, -0.2) is 0 Å². The number of anilines is 1. The highest BCUT2D eigenvalue weighted by Gasteiger charge is 2.33. The number of carbonyl (C=O) groups excluding carboxylic acids is 1. The third kappa shape index (κ3) is 2.40. The molecule has 1 saturated heterocycles. The number of aromatic nitrogens is 2. The highest BCUT2D eigenvalue weighted by molar-refractivity contribution is 5.97. The summed E-state index contributed by atoms with van der Waals surface area (Å²) in [6, 6.07) is 0. The highest BCUT2D eigenvalue weighted by atomic mass is 16.3. The molecule has 0 spiro atoms. The van der Waals surface area contributed by atoms with Crippen LogP contribution in [0.25, 0.3) is 0 Å². The number of aliphatic hydroxyl groups is 1. The van der Waals surface area contributed by atoms with Gasteiger partial charge in [-0.3, -0.25) is 9.89 Å². The molecule has 1 aliphatic carbocycles. The third-order valence-electron chi connectivity index (χ3n) is 4.53. The van der Waals surface area contributed by atoms with Gasteiger partial charge in [0.25, 0.3) is 5.91 Å². The van der Waals surface area contributed by atoms with Gasteiger partial charge in [-0.2, -0.15) is 5.10 Å². The number of nitrogens with one attached hydrogen (secondary N) is 1. The largest absolute Gasteiger partial charge is 0.395 e. The van der Waals surface area contributed by atoms with Gasteiger partial charge in [0.1, 0.15) is 0 Å². The molecule has 110 valence electrons. The van der Waals surface area contributed by atoms with Crippen LogP contribution in [-0.2, 0) is 0 Å². The number of amides is 1. The Bertz CT molecular complexity index is 499. The van der Waals surface area contributed by atoms with Gasteiger partial charge >= 0.3 is 0 Å². The first-order chi connectivity index (χ1) is 9.58. The first-order valence-corrected chi connectivity index (χ1v) is 7.39. The average molecular weight is 278 g/mol. The van der Waals surface area contributed by atoms with Crippen LogP contribution >= 0.6 is 0 Å². The first kappa shape index (κ1) is 13.4. The van der Waals surface area contributed by atoms with E-state index >= 15 is 0 Å². The number of H-pyrrole nitrogens is 1. The van der Waals surface area contributed by atoms with E-state index in [1.165, 1.54) is 0 Å². The van der Waals surface area contributed by atoms with E-state index in [0.717, 1.165) is 31.4 Å². The predicted molar refractivity (Wildman–Crippen MR) is 75.3 cm³/mol. The Kier molecular flexibility index (Phi) is 3.41. The van der Waals surface area contributed by atoms with Crippen LogP contribution in [0.5, 0.6) is 0 Å². The van der Waals surface area contributed by atoms with E-state index in [9.17, 15) is 9.90 Å². The molecule has 1 saturated carbocycles. The molecule has 0 aromatic carbocycles. The quantitative estimate of drug-likeness (QED) is 0.771. The van der Waals surface area contributed by atoms with Gasteiger partial charge in [0.2, 0.25) is 0 Å². The van der Waals surface area contributed by atoms with Crippen molar-refractivity contribution in [1.29, 1.82) is 0 Å². The van der Waals surface area contributed by atoms with Crippen LogP contribution in [0.2, 0.25) is 0 Å². The molecule has 0 radical (unpaired) electrons. The lowest BCUT2D eigenvalue weighted by Gasteiger charge is -2.32. The smallest absolute Gasteiger partial charge is 0.276 e. The Morgan fingerprint density at radius 3 is 2.60 bits per heavy atom. The van der Waals surface area contributed by atoms with Crippen LogP contribution in [-0.4, -0.2) is 45.3 Å². The number of carbonyl (C=O) groups is 1. The van der Waals surface area contributed by atoms with Crippen molar-refractivity contribution in [2.75, 3.05) is 18.8 Å². The molecule has 20 heavy (non-hydrogen) atoms. The number of nitrogen functional groups attached to an aromatic ring is 1. The second-order valence-corrected chi connectivity index (χ2v) is 6.04. The molecule has 2 aliphatic rings. The van der Waals surface area contributed by atoms with E-state index in [1.807, 2.05) is 6.92 Å². The molecule has 1 unspecified atom stereocenters. The fraction of sp³-hybridized carbons (Fsp3) is 0.714. The van der Waals surface area contributed by atoms with Crippen molar-refractivity contribution in [3.8, 4) is 0 Å². The number of likely N-dealkylation sites (tertiary alicyclic amines) is 1. The molecule has 0 bridgehead atoms. The summed E-state index contributed by atoms with van der Waals surface area (Å²) < 4.78 is 0. The number of nitrogens with zero attached hydrogens (tertiary/aromatic N) is 2. The fourth-order valence-electron chi connectivity index (χ4n) is 2.95. The molecule has 1 aromatic rings. The second kappa shape index (κ2) is 5.09. The van der Waals surface area contributed by atoms with Gasteiger partial charge in [-0.1, -0.05) is 0 Å². The van der Waals surface area contributed by atoms with Gasteiger partial charge in [-0.15, -0.1) is 0 Å². The molecule has 1 atom stereocenters. The summed E-state index contributed by atoms with van der Waals surface area (Å²) in [4.78, 5) is 14.2. The van der Waals surface area contributed by atoms with Crippen molar-refractivity contribution >= 4 is 11.6 Å². The summed E-state index contributed by atoms with van der Waals surface area (Å²) in [5.74, 6) is 0.664. The molecule has 6 heteroatoms. The Balaban J connectivity index is 1.67. The molecular weight excluding hydrogens is 256 g/mol. The summed E-state index contributed by atoms with van der Waals surface area (Å²) in [5, 5.41) is 16.6. The third-order valence-corrected chi connectivity index (χ3v) is 4.53. The van der Waals surface area contributed by atoms with E-state index in [2.05, 4.69) is 10.2 Å². The molecule has 1 amide bonds. The normalized spacial score (nSPS) is 22.0. The van der Waals surface area contributed by atoms with Crippen LogP contribution in [0, 0.1) is 5.92 Å². The van der Waals surface area contributed by atoms with Crippen molar-refractivity contribution in [3.63, 3.8) is 0 Å². The Labute approximate surface area is 118 Å². The van der Waals surface area contributed by atoms with E-state index in [1.54, 1.807) is 4.90 Å². The van der Waals surface area contributed by atoms with Crippen LogP contribution in [0.15, 0.2) is 0 Å². The zero-order valence-electron chi connectivity index (χ0n) is 11.8. The molecule has 2 heterocycles. The fourth-order valence-corrected chi connectivity index (χ4v) is 2.95. The number of hydrogen-bond donors (Lipinski definition) is 3. The minimum Gasteiger partial charge on any atom is -0.395 e. The van der Waals surface area contributed by atoms with Crippen molar-refractivity contribution in [2.45, 2.75) is 44.6 Å². The van der Waals surface area contributed by atoms with Gasteiger partial charge in [0.15, 0.2) is 5.69 Å². The maximum absolute atomic E-state index is 12.5. The summed E-state index contributed by atoms with van der Waals surface area (Å²) in [6.45, 7) is 3.15. The van der Waals surface area contributed by atoms with Crippen molar-refractivity contribution in [2.24, 2.45) is 5.92 Å². The number of hydrogen-bond acceptors (Lipinski definition) is 4. The maximum atomic E-state index is 12.5. The summed E-state index contributed by atoms with van der Waals surface area (Å²) in [6.07, 6.45) is 3.62. The van der Waals surface area contributed by atoms with Gasteiger partial charge < -0.3 is 15.7 Å². The minimum atomic E-state index is -0.302. The molecule has 4 N–H and O–H groups in total. The standard InChI is InChI=1S/C14H22N4O2/c1-8(19)9-4-6-18(7-5-9)14(20)13-11(15)12(16-17-13)10-2-3-10/h8-10,19H,2-7,15H2,1H3,(H,16,17). The van der Waals surface area contributed by atoms with E-state index < -0.39 is 0 Å². The second-order valence-electron chi connectivity index (χ2n) is 6.04. The molecule has 1 aromatic heterocycles. The Morgan fingerprint density at radius 1 is 1.40 bits per heavy atom. The molecule has 2 fully saturated rings. The van der Waals surface area contributed by atoms with Crippen LogP contribution in [0.4, 0.5) is 5.69 Å². The van der Waals surface area contributed by atoms with Gasteiger partial charge in [-0.05, 0) is 38.5 Å². The first-order valence-electron chi connectivity index (χ1n) is 7.39. The van der Waals surface area contributed by atoms with Crippen molar-refractivity contribution < 1.29 is 9.90 Å². The molecule has 3 rings (SSSR count). The van der Waals surface area contributed by atoms with Crippen molar-refractivity contribution in [1.82, 2.24) is 15.1 Å². The lowest BCUT2D eigenvalue weighted by Crippen LogP contribution is -2.41. The number of nitrogens with two attached hydrogens (primary N) is 1. The van der Waals surface area contributed by atoms with E-state index in [0.29, 0.717) is 30.4 Å². The maximum Gasteiger partial charge on any atom is 0.276 e. The van der Waals surface area contributed by atoms with Crippen molar-refractivity contribution in [3.05, 3.63) is 11.4 Å². The molecule has 6 nitrogen and oxygen atoms in total. The SMILES string of the molecule is CC(O)C1CCN(C(=O)c2n[nH]c(C3CC3)c2N)CC1. The highest BCUT2D eigenvalue weighted by Crippen LogP contribution is 2.42. The number of rotatable bonds is 3. The predicted octanol–water partition coefficient (Wildman–Crippen LogP) is 1.10. The number of aromatic amines is 1. The average Bonchev–Trinajstić information content (AvgIpc) is 3.21. The Hall–Kier alpha value is -1.56. The van der Waals surface area contributed by atoms with E-state index in [4.69, 9.17) is 5.73 Å². The van der Waals surface area contributed by atoms with Crippen LogP contribution in [0.3, 0.4) is 0 Å². The minimum absolute atomic E-state index is 0.0882. The van der Waals surface area contributed by atoms with Crippen LogP contribution in [0.1, 0.15) is 54.7 Å². The Morgan fingerprint density at radius 2 is 2.05 bits per heavy atom. The number of piperidine rings is 1. The zero-order valence-corrected chi connectivity index (χ0v) is 11.8. The summed E-state index contributed by atoms with van der Waals surface area (Å²) >= 11 is 0. The zero-order chi connectivity index (χ0) is 14.3. The van der Waals surface area contributed by atoms with E-state index in [-0.39, 0.29) is 17.9 Å². The number of aliphatic hydroxyl groups excluding tert-OH is 1. The monoisotopic (exact) mass is 278 g/mol. The van der Waals surface area contributed by atoms with Crippen LogP contribution < -0.4 is 5.73 Å². The van der Waals surface area contributed by atoms with Gasteiger partial charge in [0.05, 0.1) is 17.5 Å². The lowest BCUT2D eigenvalue weighted by atomic mass is 9.92.